The van der Waals surface area contributed by atoms with Crippen LogP contribution in [0.2, 0.25) is 0 Å². The molecule has 0 aromatic heterocycles. The normalized spacial score (nSPS) is 10.5. The number of nitrogens with zero attached hydrogens (tertiary/aromatic N) is 1. The summed E-state index contributed by atoms with van der Waals surface area (Å²) in [5, 5.41) is 16.9. The van der Waals surface area contributed by atoms with Gasteiger partial charge < -0.3 is 15.1 Å². The Morgan fingerprint density at radius 1 is 1.00 bits per heavy atom. The summed E-state index contributed by atoms with van der Waals surface area (Å²) in [7, 11) is 0. The van der Waals surface area contributed by atoms with Gasteiger partial charge in [-0.25, -0.2) is 0 Å². The Morgan fingerprint density at radius 3 is 1.67 bits per heavy atom. The van der Waals surface area contributed by atoms with Gasteiger partial charge in [0.15, 0.2) is 0 Å². The maximum Gasteiger partial charge on any atom is 0.303 e. The highest BCUT2D eigenvalue weighted by molar-refractivity contribution is 5.66. The lowest BCUT2D eigenvalue weighted by Crippen LogP contribution is -2.26. The van der Waals surface area contributed by atoms with Gasteiger partial charge in [-0.15, -0.1) is 0 Å². The molecule has 0 aliphatic heterocycles. The van der Waals surface area contributed by atoms with E-state index in [1.54, 1.807) is 0 Å². The van der Waals surface area contributed by atoms with E-state index in [-0.39, 0.29) is 12.8 Å². The van der Waals surface area contributed by atoms with E-state index in [0.717, 1.165) is 19.6 Å². The maximum atomic E-state index is 10.3. The lowest BCUT2D eigenvalue weighted by molar-refractivity contribution is -0.138. The van der Waals surface area contributed by atoms with Crippen LogP contribution in [0, 0.1) is 0 Å². The van der Waals surface area contributed by atoms with Crippen molar-refractivity contribution >= 4 is 11.9 Å². The molecule has 5 heteroatoms. The van der Waals surface area contributed by atoms with Crippen molar-refractivity contribution in [3.63, 3.8) is 0 Å². The first kappa shape index (κ1) is 13.9. The van der Waals surface area contributed by atoms with Gasteiger partial charge >= 0.3 is 11.9 Å². The van der Waals surface area contributed by atoms with Crippen LogP contribution in [0.5, 0.6) is 0 Å². The summed E-state index contributed by atoms with van der Waals surface area (Å²) in [5.41, 5.74) is 0. The van der Waals surface area contributed by atoms with Gasteiger partial charge in [-0.1, -0.05) is 6.92 Å². The third-order valence-electron chi connectivity index (χ3n) is 2.18. The van der Waals surface area contributed by atoms with E-state index >= 15 is 0 Å². The molecule has 0 saturated carbocycles. The Morgan fingerprint density at radius 2 is 1.40 bits per heavy atom. The van der Waals surface area contributed by atoms with E-state index in [2.05, 4.69) is 4.90 Å². The van der Waals surface area contributed by atoms with Crippen LogP contribution < -0.4 is 0 Å². The van der Waals surface area contributed by atoms with Crippen molar-refractivity contribution < 1.29 is 19.8 Å². The molecule has 0 aromatic carbocycles. The van der Waals surface area contributed by atoms with Gasteiger partial charge in [0, 0.05) is 12.8 Å². The molecule has 0 bridgehead atoms. The summed E-state index contributed by atoms with van der Waals surface area (Å²) < 4.78 is 0. The zero-order chi connectivity index (χ0) is 11.7. The van der Waals surface area contributed by atoms with Crippen molar-refractivity contribution in [2.75, 3.05) is 19.6 Å². The van der Waals surface area contributed by atoms with Gasteiger partial charge in [-0.2, -0.15) is 0 Å². The van der Waals surface area contributed by atoms with Crippen molar-refractivity contribution in [2.24, 2.45) is 0 Å². The van der Waals surface area contributed by atoms with Crippen LogP contribution in [0.1, 0.15) is 32.6 Å². The van der Waals surface area contributed by atoms with Crippen LogP contribution in [-0.2, 0) is 9.59 Å². The van der Waals surface area contributed by atoms with Gasteiger partial charge in [0.1, 0.15) is 0 Å². The van der Waals surface area contributed by atoms with Crippen LogP contribution in [0.3, 0.4) is 0 Å². The van der Waals surface area contributed by atoms with E-state index < -0.39 is 11.9 Å². The summed E-state index contributed by atoms with van der Waals surface area (Å²) >= 11 is 0. The van der Waals surface area contributed by atoms with Crippen LogP contribution in [0.25, 0.3) is 0 Å². The Hall–Kier alpha value is -1.10. The highest BCUT2D eigenvalue weighted by Crippen LogP contribution is 1.99. The maximum absolute atomic E-state index is 10.3. The largest absolute Gasteiger partial charge is 0.481 e. The van der Waals surface area contributed by atoms with E-state index in [1.807, 2.05) is 6.92 Å². The molecule has 0 saturated heterocycles. The number of aliphatic carboxylic acids is 2. The second-order valence-corrected chi connectivity index (χ2v) is 3.43. The molecule has 0 atom stereocenters. The van der Waals surface area contributed by atoms with Crippen LogP contribution in [0.15, 0.2) is 0 Å². The van der Waals surface area contributed by atoms with Crippen molar-refractivity contribution in [3.8, 4) is 0 Å². The second kappa shape index (κ2) is 8.23. The minimum Gasteiger partial charge on any atom is -0.481 e. The second-order valence-electron chi connectivity index (χ2n) is 3.43. The molecule has 0 amide bonds. The molecule has 0 rings (SSSR count). The fraction of sp³-hybridized carbons (Fsp3) is 0.800. The lowest BCUT2D eigenvalue weighted by Gasteiger charge is -2.19. The van der Waals surface area contributed by atoms with Crippen molar-refractivity contribution in [2.45, 2.75) is 32.6 Å². The molecular formula is C10H19NO4. The number of hydrogen-bond donors (Lipinski definition) is 2. The predicted molar refractivity (Wildman–Crippen MR) is 55.9 cm³/mol. The molecular weight excluding hydrogens is 198 g/mol. The fourth-order valence-corrected chi connectivity index (χ4v) is 1.34. The van der Waals surface area contributed by atoms with E-state index in [4.69, 9.17) is 10.2 Å². The SMILES string of the molecule is CCN(CCCC(=O)O)CCCC(=O)O. The van der Waals surface area contributed by atoms with Gasteiger partial charge in [-0.3, -0.25) is 9.59 Å². The number of carboxylic acids is 2. The summed E-state index contributed by atoms with van der Waals surface area (Å²) in [6.07, 6.45) is 1.59. The van der Waals surface area contributed by atoms with Crippen LogP contribution in [-0.4, -0.2) is 46.7 Å². The quantitative estimate of drug-likeness (QED) is 0.603. The molecule has 5 nitrogen and oxygen atoms in total. The zero-order valence-corrected chi connectivity index (χ0v) is 9.11. The summed E-state index contributed by atoms with van der Waals surface area (Å²) in [6.45, 7) is 4.27. The standard InChI is InChI=1S/C10H19NO4/c1-2-11(7-3-5-9(12)13)8-4-6-10(14)15/h2-8H2,1H3,(H,12,13)(H,14,15). The zero-order valence-electron chi connectivity index (χ0n) is 9.11. The Kier molecular flexibility index (Phi) is 7.62. The molecule has 0 aliphatic rings. The van der Waals surface area contributed by atoms with Gasteiger partial charge in [0.2, 0.25) is 0 Å². The summed E-state index contributed by atoms with van der Waals surface area (Å²) in [4.78, 5) is 22.6. The highest BCUT2D eigenvalue weighted by atomic mass is 16.4. The van der Waals surface area contributed by atoms with Crippen molar-refractivity contribution in [1.82, 2.24) is 4.90 Å². The third-order valence-corrected chi connectivity index (χ3v) is 2.18. The van der Waals surface area contributed by atoms with Crippen molar-refractivity contribution in [1.29, 1.82) is 0 Å². The van der Waals surface area contributed by atoms with Gasteiger partial charge in [0.05, 0.1) is 0 Å². The predicted octanol–water partition coefficient (Wildman–Crippen LogP) is 1.04. The third kappa shape index (κ3) is 9.21. The number of rotatable bonds is 9. The average molecular weight is 217 g/mol. The molecule has 88 valence electrons. The molecule has 2 N–H and O–H groups in total. The van der Waals surface area contributed by atoms with E-state index in [1.165, 1.54) is 0 Å². The Labute approximate surface area is 89.7 Å². The van der Waals surface area contributed by atoms with Gasteiger partial charge in [-0.05, 0) is 32.5 Å². The number of hydrogen-bond acceptors (Lipinski definition) is 3. The first-order chi connectivity index (χ1) is 7.06. The van der Waals surface area contributed by atoms with E-state index in [0.29, 0.717) is 12.8 Å². The molecule has 15 heavy (non-hydrogen) atoms. The molecule has 0 spiro atoms. The molecule has 0 heterocycles. The van der Waals surface area contributed by atoms with E-state index in [9.17, 15) is 9.59 Å². The Bertz CT molecular complexity index is 186. The number of carboxylic acid groups (broad SMARTS) is 2. The molecule has 0 aromatic rings. The van der Waals surface area contributed by atoms with Crippen molar-refractivity contribution in [3.05, 3.63) is 0 Å². The monoisotopic (exact) mass is 217 g/mol. The Balaban J connectivity index is 3.54. The summed E-state index contributed by atoms with van der Waals surface area (Å²) in [6, 6.07) is 0. The summed E-state index contributed by atoms with van der Waals surface area (Å²) in [5.74, 6) is -1.56. The van der Waals surface area contributed by atoms with Crippen LogP contribution >= 0.6 is 0 Å². The highest BCUT2D eigenvalue weighted by Gasteiger charge is 2.05. The van der Waals surface area contributed by atoms with Gasteiger partial charge in [0.25, 0.3) is 0 Å². The van der Waals surface area contributed by atoms with Crippen LogP contribution in [0.4, 0.5) is 0 Å². The first-order valence-electron chi connectivity index (χ1n) is 5.22. The first-order valence-corrected chi connectivity index (χ1v) is 5.22. The number of carbonyl (C=O) groups is 2. The fourth-order valence-electron chi connectivity index (χ4n) is 1.34. The molecule has 0 fully saturated rings. The molecule has 0 radical (unpaired) electrons. The minimum absolute atomic E-state index is 0.176. The lowest BCUT2D eigenvalue weighted by atomic mass is 10.2. The average Bonchev–Trinajstić information content (AvgIpc) is 2.14. The minimum atomic E-state index is -0.781. The smallest absolute Gasteiger partial charge is 0.303 e. The molecule has 0 aliphatic carbocycles. The molecule has 0 unspecified atom stereocenters. The topological polar surface area (TPSA) is 77.8 Å².